The number of carbonyl (C=O) groups is 2. The summed E-state index contributed by atoms with van der Waals surface area (Å²) in [5.74, 6) is 0.0438. The van der Waals surface area contributed by atoms with Gasteiger partial charge in [0.05, 0.1) is 5.75 Å². The summed E-state index contributed by atoms with van der Waals surface area (Å²) in [6.07, 6.45) is 0.837. The molecule has 156 valence electrons. The average molecular weight is 433 g/mol. The third-order valence-electron chi connectivity index (χ3n) is 4.79. The zero-order valence-electron chi connectivity index (χ0n) is 17.4. The quantitative estimate of drug-likeness (QED) is 0.562. The van der Waals surface area contributed by atoms with E-state index in [2.05, 4.69) is 5.32 Å². The minimum Gasteiger partial charge on any atom is -0.352 e. The standard InChI is InChI=1S/C23H29ClN2O2S/c1-5-17(3)25-23(28)18(4)26(14-19-7-6-8-20(24)13-19)22(27)15-29-21-11-9-16(2)10-12-21/h6-13,17-18H,5,14-15H2,1-4H3,(H,25,28)/t17-,18+/m1/s1. The summed E-state index contributed by atoms with van der Waals surface area (Å²) in [6, 6.07) is 14.9. The van der Waals surface area contributed by atoms with E-state index < -0.39 is 6.04 Å². The van der Waals surface area contributed by atoms with Crippen LogP contribution in [0.25, 0.3) is 0 Å². The van der Waals surface area contributed by atoms with E-state index in [1.807, 2.05) is 63.2 Å². The molecule has 0 aliphatic carbocycles. The van der Waals surface area contributed by atoms with Crippen LogP contribution in [-0.4, -0.2) is 34.6 Å². The van der Waals surface area contributed by atoms with Crippen LogP contribution in [0.2, 0.25) is 5.02 Å². The molecule has 2 aromatic carbocycles. The van der Waals surface area contributed by atoms with Gasteiger partial charge in [0.2, 0.25) is 11.8 Å². The molecule has 2 atom stereocenters. The molecule has 0 aromatic heterocycles. The van der Waals surface area contributed by atoms with Gasteiger partial charge in [-0.05, 0) is 57.0 Å². The Labute approximate surface area is 183 Å². The molecule has 6 heteroatoms. The van der Waals surface area contributed by atoms with E-state index >= 15 is 0 Å². The predicted octanol–water partition coefficient (Wildman–Crippen LogP) is 5.07. The maximum atomic E-state index is 13.1. The molecule has 4 nitrogen and oxygen atoms in total. The number of carbonyl (C=O) groups excluding carboxylic acids is 2. The number of rotatable bonds is 9. The zero-order chi connectivity index (χ0) is 21.4. The third kappa shape index (κ3) is 7.41. The molecule has 0 heterocycles. The van der Waals surface area contributed by atoms with E-state index in [9.17, 15) is 9.59 Å². The van der Waals surface area contributed by atoms with E-state index in [-0.39, 0.29) is 23.6 Å². The molecule has 0 spiro atoms. The molecule has 0 radical (unpaired) electrons. The van der Waals surface area contributed by atoms with Gasteiger partial charge in [-0.25, -0.2) is 0 Å². The van der Waals surface area contributed by atoms with Crippen LogP contribution in [0.3, 0.4) is 0 Å². The lowest BCUT2D eigenvalue weighted by atomic mass is 10.1. The van der Waals surface area contributed by atoms with Crippen molar-refractivity contribution in [1.82, 2.24) is 10.2 Å². The van der Waals surface area contributed by atoms with Crippen LogP contribution in [0.1, 0.15) is 38.3 Å². The predicted molar refractivity (Wildman–Crippen MR) is 121 cm³/mol. The fraction of sp³-hybridized carbons (Fsp3) is 0.391. The highest BCUT2D eigenvalue weighted by molar-refractivity contribution is 8.00. The number of thioether (sulfide) groups is 1. The Balaban J connectivity index is 2.14. The lowest BCUT2D eigenvalue weighted by molar-refractivity contribution is -0.138. The van der Waals surface area contributed by atoms with Gasteiger partial charge in [0.15, 0.2) is 0 Å². The SMILES string of the molecule is CC[C@@H](C)NC(=O)[C@H](C)N(Cc1cccc(Cl)c1)C(=O)CSc1ccc(C)cc1. The summed E-state index contributed by atoms with van der Waals surface area (Å²) in [7, 11) is 0. The molecule has 2 amide bonds. The smallest absolute Gasteiger partial charge is 0.242 e. The van der Waals surface area contributed by atoms with Crippen LogP contribution in [0, 0.1) is 6.92 Å². The summed E-state index contributed by atoms with van der Waals surface area (Å²) in [5.41, 5.74) is 2.08. The molecule has 0 aliphatic heterocycles. The highest BCUT2D eigenvalue weighted by Crippen LogP contribution is 2.21. The number of aryl methyl sites for hydroxylation is 1. The Hall–Kier alpha value is -1.98. The van der Waals surface area contributed by atoms with Crippen molar-refractivity contribution in [2.75, 3.05) is 5.75 Å². The molecule has 0 saturated heterocycles. The first-order chi connectivity index (χ1) is 13.8. The summed E-state index contributed by atoms with van der Waals surface area (Å²) in [6.45, 7) is 8.12. The lowest BCUT2D eigenvalue weighted by Gasteiger charge is -2.29. The van der Waals surface area contributed by atoms with Crippen molar-refractivity contribution in [1.29, 1.82) is 0 Å². The molecular formula is C23H29ClN2O2S. The van der Waals surface area contributed by atoms with Crippen molar-refractivity contribution in [3.8, 4) is 0 Å². The van der Waals surface area contributed by atoms with Crippen molar-refractivity contribution in [2.24, 2.45) is 0 Å². The Morgan fingerprint density at radius 3 is 2.45 bits per heavy atom. The molecule has 2 aromatic rings. The van der Waals surface area contributed by atoms with Crippen LogP contribution in [0.4, 0.5) is 0 Å². The minimum atomic E-state index is -0.575. The molecule has 0 unspecified atom stereocenters. The normalized spacial score (nSPS) is 12.9. The molecule has 0 saturated carbocycles. The maximum Gasteiger partial charge on any atom is 0.242 e. The largest absolute Gasteiger partial charge is 0.352 e. The Morgan fingerprint density at radius 1 is 1.14 bits per heavy atom. The fourth-order valence-electron chi connectivity index (χ4n) is 2.74. The van der Waals surface area contributed by atoms with E-state index in [4.69, 9.17) is 11.6 Å². The topological polar surface area (TPSA) is 49.4 Å². The van der Waals surface area contributed by atoms with E-state index in [0.717, 1.165) is 16.9 Å². The van der Waals surface area contributed by atoms with Crippen LogP contribution in [0.5, 0.6) is 0 Å². The molecule has 0 aliphatic rings. The number of amides is 2. The lowest BCUT2D eigenvalue weighted by Crippen LogP contribution is -2.50. The summed E-state index contributed by atoms with van der Waals surface area (Å²) >= 11 is 7.58. The number of nitrogens with zero attached hydrogens (tertiary/aromatic N) is 1. The molecule has 0 fully saturated rings. The van der Waals surface area contributed by atoms with Crippen molar-refractivity contribution in [3.63, 3.8) is 0 Å². The monoisotopic (exact) mass is 432 g/mol. The van der Waals surface area contributed by atoms with Gasteiger partial charge in [0.25, 0.3) is 0 Å². The van der Waals surface area contributed by atoms with E-state index in [0.29, 0.717) is 11.6 Å². The number of hydrogen-bond donors (Lipinski definition) is 1. The van der Waals surface area contributed by atoms with Gasteiger partial charge in [-0.2, -0.15) is 0 Å². The van der Waals surface area contributed by atoms with Crippen LogP contribution in [-0.2, 0) is 16.1 Å². The van der Waals surface area contributed by atoms with Crippen molar-refractivity contribution >= 4 is 35.2 Å². The van der Waals surface area contributed by atoms with Gasteiger partial charge in [0.1, 0.15) is 6.04 Å². The minimum absolute atomic E-state index is 0.0648. The maximum absolute atomic E-state index is 13.1. The first kappa shape index (κ1) is 23.3. The summed E-state index contributed by atoms with van der Waals surface area (Å²) in [4.78, 5) is 28.4. The average Bonchev–Trinajstić information content (AvgIpc) is 2.70. The molecule has 29 heavy (non-hydrogen) atoms. The number of hydrogen-bond acceptors (Lipinski definition) is 3. The highest BCUT2D eigenvalue weighted by atomic mass is 35.5. The van der Waals surface area contributed by atoms with Gasteiger partial charge in [-0.15, -0.1) is 11.8 Å². The van der Waals surface area contributed by atoms with Crippen molar-refractivity contribution in [3.05, 3.63) is 64.7 Å². The van der Waals surface area contributed by atoms with Gasteiger partial charge >= 0.3 is 0 Å². The van der Waals surface area contributed by atoms with Crippen molar-refractivity contribution in [2.45, 2.75) is 57.6 Å². The van der Waals surface area contributed by atoms with Crippen molar-refractivity contribution < 1.29 is 9.59 Å². The Kier molecular flexibility index (Phi) is 9.05. The van der Waals surface area contributed by atoms with Crippen LogP contribution < -0.4 is 5.32 Å². The molecule has 0 bridgehead atoms. The highest BCUT2D eigenvalue weighted by Gasteiger charge is 2.26. The first-order valence-electron chi connectivity index (χ1n) is 9.84. The second-order valence-electron chi connectivity index (χ2n) is 7.25. The van der Waals surface area contributed by atoms with E-state index in [1.54, 1.807) is 17.9 Å². The van der Waals surface area contributed by atoms with Crippen LogP contribution in [0.15, 0.2) is 53.4 Å². The zero-order valence-corrected chi connectivity index (χ0v) is 19.0. The number of benzene rings is 2. The van der Waals surface area contributed by atoms with Crippen LogP contribution >= 0.6 is 23.4 Å². The molecule has 1 N–H and O–H groups in total. The molecular weight excluding hydrogens is 404 g/mol. The summed E-state index contributed by atoms with van der Waals surface area (Å²) in [5, 5.41) is 3.59. The second kappa shape index (κ2) is 11.3. The van der Waals surface area contributed by atoms with Gasteiger partial charge in [-0.3, -0.25) is 9.59 Å². The van der Waals surface area contributed by atoms with Gasteiger partial charge < -0.3 is 10.2 Å². The Morgan fingerprint density at radius 2 is 1.83 bits per heavy atom. The summed E-state index contributed by atoms with van der Waals surface area (Å²) < 4.78 is 0. The fourth-order valence-corrected chi connectivity index (χ4v) is 3.74. The first-order valence-corrected chi connectivity index (χ1v) is 11.2. The van der Waals surface area contributed by atoms with Gasteiger partial charge in [-0.1, -0.05) is 48.4 Å². The Bertz CT molecular complexity index is 826. The third-order valence-corrected chi connectivity index (χ3v) is 6.03. The van der Waals surface area contributed by atoms with E-state index in [1.165, 1.54) is 17.3 Å². The molecule has 2 rings (SSSR count). The number of halogens is 1. The van der Waals surface area contributed by atoms with Gasteiger partial charge in [0, 0.05) is 22.5 Å². The number of nitrogens with one attached hydrogen (secondary N) is 1. The second-order valence-corrected chi connectivity index (χ2v) is 8.73.